The lowest BCUT2D eigenvalue weighted by atomic mass is 9.89. The molecule has 0 spiro atoms. The van der Waals surface area contributed by atoms with Crippen LogP contribution in [0.2, 0.25) is 5.02 Å². The average Bonchev–Trinajstić information content (AvgIpc) is 3.05. The van der Waals surface area contributed by atoms with E-state index in [1.165, 1.54) is 0 Å². The summed E-state index contributed by atoms with van der Waals surface area (Å²) in [6, 6.07) is 15.6. The Balaban J connectivity index is 1.80. The molecule has 0 bridgehead atoms. The molecule has 0 radical (unpaired) electrons. The van der Waals surface area contributed by atoms with Gasteiger partial charge in [-0.3, -0.25) is 4.79 Å². The van der Waals surface area contributed by atoms with E-state index >= 15 is 0 Å². The lowest BCUT2D eigenvalue weighted by molar-refractivity contribution is -0.116. The first-order valence-electron chi connectivity index (χ1n) is 7.97. The van der Waals surface area contributed by atoms with Crippen molar-refractivity contribution in [3.63, 3.8) is 0 Å². The number of halogens is 1. The van der Waals surface area contributed by atoms with Crippen molar-refractivity contribution in [2.75, 3.05) is 12.4 Å². The molecular weight excluding hydrogens is 354 g/mol. The number of hydrogen-bond acceptors (Lipinski definition) is 3. The van der Waals surface area contributed by atoms with E-state index in [0.717, 1.165) is 33.0 Å². The molecule has 126 valence electrons. The maximum absolute atomic E-state index is 12.3. The van der Waals surface area contributed by atoms with Gasteiger partial charge in [0.2, 0.25) is 5.91 Å². The maximum Gasteiger partial charge on any atom is 0.225 e. The molecule has 1 amide bonds. The number of carbonyl (C=O) groups is 1. The molecule has 0 saturated carbocycles. The highest BCUT2D eigenvalue weighted by molar-refractivity contribution is 7.11. The van der Waals surface area contributed by atoms with E-state index in [1.807, 2.05) is 48.5 Å². The van der Waals surface area contributed by atoms with Gasteiger partial charge in [-0.15, -0.1) is 11.3 Å². The van der Waals surface area contributed by atoms with E-state index < -0.39 is 0 Å². The number of rotatable bonds is 3. The van der Waals surface area contributed by atoms with Gasteiger partial charge in [0.25, 0.3) is 0 Å². The Morgan fingerprint density at radius 2 is 1.92 bits per heavy atom. The van der Waals surface area contributed by atoms with Crippen LogP contribution in [0.5, 0.6) is 5.75 Å². The SMILES string of the molecule is COc1ccc(-c2csc3c2NC(=O)C[C@@H]3c2ccccc2Cl)cc1. The van der Waals surface area contributed by atoms with Crippen LogP contribution in [0, 0.1) is 0 Å². The predicted molar refractivity (Wildman–Crippen MR) is 103 cm³/mol. The van der Waals surface area contributed by atoms with Crippen molar-refractivity contribution in [2.45, 2.75) is 12.3 Å². The fourth-order valence-corrected chi connectivity index (χ4v) is 4.64. The van der Waals surface area contributed by atoms with Crippen LogP contribution in [0.15, 0.2) is 53.9 Å². The zero-order valence-electron chi connectivity index (χ0n) is 13.6. The molecule has 0 unspecified atom stereocenters. The Bertz CT molecular complexity index is 933. The van der Waals surface area contributed by atoms with Crippen molar-refractivity contribution >= 4 is 34.5 Å². The van der Waals surface area contributed by atoms with Crippen LogP contribution in [0.3, 0.4) is 0 Å². The van der Waals surface area contributed by atoms with E-state index in [1.54, 1.807) is 18.4 Å². The van der Waals surface area contributed by atoms with Gasteiger partial charge >= 0.3 is 0 Å². The van der Waals surface area contributed by atoms with Gasteiger partial charge in [0.05, 0.1) is 12.8 Å². The van der Waals surface area contributed by atoms with Crippen LogP contribution in [-0.4, -0.2) is 13.0 Å². The minimum Gasteiger partial charge on any atom is -0.497 e. The second-order valence-corrected chi connectivity index (χ2v) is 7.26. The minimum atomic E-state index is -0.00514. The lowest BCUT2D eigenvalue weighted by Crippen LogP contribution is -2.22. The molecule has 2 aromatic carbocycles. The van der Waals surface area contributed by atoms with Gasteiger partial charge in [-0.25, -0.2) is 0 Å². The summed E-state index contributed by atoms with van der Waals surface area (Å²) in [6.07, 6.45) is 0.416. The lowest BCUT2D eigenvalue weighted by Gasteiger charge is -2.24. The first kappa shape index (κ1) is 16.2. The van der Waals surface area contributed by atoms with Gasteiger partial charge in [-0.05, 0) is 29.3 Å². The normalized spacial score (nSPS) is 16.2. The minimum absolute atomic E-state index is 0.00514. The molecule has 1 aromatic heterocycles. The smallest absolute Gasteiger partial charge is 0.225 e. The van der Waals surface area contributed by atoms with E-state index in [4.69, 9.17) is 16.3 Å². The summed E-state index contributed by atoms with van der Waals surface area (Å²) in [7, 11) is 1.65. The van der Waals surface area contributed by atoms with Gasteiger partial charge in [-0.1, -0.05) is 41.9 Å². The zero-order chi connectivity index (χ0) is 17.4. The summed E-state index contributed by atoms with van der Waals surface area (Å²) in [4.78, 5) is 13.5. The number of methoxy groups -OCH3 is 1. The molecule has 1 atom stereocenters. The molecule has 3 nitrogen and oxygen atoms in total. The Labute approximate surface area is 155 Å². The molecule has 3 aromatic rings. The van der Waals surface area contributed by atoms with Crippen LogP contribution in [0.4, 0.5) is 5.69 Å². The summed E-state index contributed by atoms with van der Waals surface area (Å²) in [5, 5.41) is 5.85. The van der Waals surface area contributed by atoms with Crippen molar-refractivity contribution < 1.29 is 9.53 Å². The Morgan fingerprint density at radius 3 is 2.64 bits per heavy atom. The molecular formula is C20H16ClNO2S. The third kappa shape index (κ3) is 2.92. The maximum atomic E-state index is 12.3. The number of fused-ring (bicyclic) bond motifs is 1. The standard InChI is InChI=1S/C20H16ClNO2S/c1-24-13-8-6-12(7-9-13)16-11-25-20-15(10-18(23)22-19(16)20)14-4-2-3-5-17(14)21/h2-9,11,15H,10H2,1H3,(H,22,23)/t15-/m1/s1. The first-order chi connectivity index (χ1) is 12.2. The number of amides is 1. The molecule has 1 aliphatic rings. The van der Waals surface area contributed by atoms with E-state index in [9.17, 15) is 4.79 Å². The number of anilines is 1. The second kappa shape index (κ2) is 6.54. The largest absolute Gasteiger partial charge is 0.497 e. The molecule has 0 saturated heterocycles. The summed E-state index contributed by atoms with van der Waals surface area (Å²) in [5.74, 6) is 0.825. The Morgan fingerprint density at radius 1 is 1.16 bits per heavy atom. The van der Waals surface area contributed by atoms with Crippen LogP contribution in [0.1, 0.15) is 22.8 Å². The highest BCUT2D eigenvalue weighted by Crippen LogP contribution is 2.47. The van der Waals surface area contributed by atoms with Crippen molar-refractivity contribution in [3.8, 4) is 16.9 Å². The Kier molecular flexibility index (Phi) is 4.24. The highest BCUT2D eigenvalue weighted by atomic mass is 35.5. The van der Waals surface area contributed by atoms with Gasteiger partial charge < -0.3 is 10.1 Å². The molecule has 25 heavy (non-hydrogen) atoms. The molecule has 5 heteroatoms. The van der Waals surface area contributed by atoms with Crippen LogP contribution >= 0.6 is 22.9 Å². The molecule has 1 aliphatic heterocycles. The molecule has 0 aliphatic carbocycles. The van der Waals surface area contributed by atoms with Gasteiger partial charge in [0.1, 0.15) is 5.75 Å². The van der Waals surface area contributed by atoms with Crippen molar-refractivity contribution in [1.29, 1.82) is 0 Å². The van der Waals surface area contributed by atoms with E-state index in [-0.39, 0.29) is 11.8 Å². The zero-order valence-corrected chi connectivity index (χ0v) is 15.2. The summed E-state index contributed by atoms with van der Waals surface area (Å²) in [5.41, 5.74) is 3.99. The van der Waals surface area contributed by atoms with Crippen molar-refractivity contribution in [1.82, 2.24) is 0 Å². The van der Waals surface area contributed by atoms with E-state index in [0.29, 0.717) is 11.4 Å². The highest BCUT2D eigenvalue weighted by Gasteiger charge is 2.31. The number of carbonyl (C=O) groups excluding carboxylic acids is 1. The monoisotopic (exact) mass is 369 g/mol. The molecule has 2 heterocycles. The van der Waals surface area contributed by atoms with E-state index in [2.05, 4.69) is 10.7 Å². The van der Waals surface area contributed by atoms with Crippen molar-refractivity contribution in [2.24, 2.45) is 0 Å². The van der Waals surface area contributed by atoms with Crippen molar-refractivity contribution in [3.05, 3.63) is 69.4 Å². The summed E-state index contributed by atoms with van der Waals surface area (Å²) < 4.78 is 5.22. The predicted octanol–water partition coefficient (Wildman–Crippen LogP) is 5.55. The van der Waals surface area contributed by atoms with Gasteiger partial charge in [0.15, 0.2) is 0 Å². The number of nitrogens with one attached hydrogen (secondary N) is 1. The van der Waals surface area contributed by atoms with Gasteiger partial charge in [0, 0.05) is 33.2 Å². The third-order valence-corrected chi connectivity index (χ3v) is 5.91. The number of benzene rings is 2. The molecule has 0 fully saturated rings. The Hall–Kier alpha value is -2.30. The van der Waals surface area contributed by atoms with Gasteiger partial charge in [-0.2, -0.15) is 0 Å². The first-order valence-corrected chi connectivity index (χ1v) is 9.23. The fourth-order valence-electron chi connectivity index (χ4n) is 3.22. The quantitative estimate of drug-likeness (QED) is 0.657. The number of ether oxygens (including phenoxy) is 1. The summed E-state index contributed by atoms with van der Waals surface area (Å²) >= 11 is 8.05. The molecule has 1 N–H and O–H groups in total. The van der Waals surface area contributed by atoms with Crippen LogP contribution < -0.4 is 10.1 Å². The number of thiophene rings is 1. The fraction of sp³-hybridized carbons (Fsp3) is 0.150. The average molecular weight is 370 g/mol. The second-order valence-electron chi connectivity index (χ2n) is 5.94. The number of hydrogen-bond donors (Lipinski definition) is 1. The van der Waals surface area contributed by atoms with Crippen LogP contribution in [0.25, 0.3) is 11.1 Å². The summed E-state index contributed by atoms with van der Waals surface area (Å²) in [6.45, 7) is 0. The third-order valence-electron chi connectivity index (χ3n) is 4.47. The van der Waals surface area contributed by atoms with Crippen LogP contribution in [-0.2, 0) is 4.79 Å². The molecule has 4 rings (SSSR count). The topological polar surface area (TPSA) is 38.3 Å².